The first-order valence-corrected chi connectivity index (χ1v) is 9.29. The van der Waals surface area contributed by atoms with E-state index in [0.29, 0.717) is 0 Å². The lowest BCUT2D eigenvalue weighted by atomic mass is 9.98. The minimum atomic E-state index is 0. The van der Waals surface area contributed by atoms with E-state index < -0.39 is 0 Å². The van der Waals surface area contributed by atoms with Gasteiger partial charge in [-0.15, -0.1) is 35.3 Å². The lowest BCUT2D eigenvalue weighted by molar-refractivity contribution is 0.0982. The molecule has 0 aliphatic carbocycles. The largest absolute Gasteiger partial charge is 0.357 e. The summed E-state index contributed by atoms with van der Waals surface area (Å²) in [4.78, 5) is 8.59. The van der Waals surface area contributed by atoms with Crippen molar-refractivity contribution in [3.05, 3.63) is 22.4 Å². The molecule has 0 radical (unpaired) electrons. The number of guanidine groups is 1. The lowest BCUT2D eigenvalue weighted by Crippen LogP contribution is -2.54. The molecule has 1 fully saturated rings. The van der Waals surface area contributed by atoms with Gasteiger partial charge in [0.2, 0.25) is 0 Å². The van der Waals surface area contributed by atoms with Gasteiger partial charge in [0.05, 0.1) is 6.54 Å². The zero-order chi connectivity index (χ0) is 15.8. The fraction of sp³-hybridized carbons (Fsp3) is 0.706. The summed E-state index contributed by atoms with van der Waals surface area (Å²) >= 11 is 1.76. The maximum Gasteiger partial charge on any atom is 0.191 e. The zero-order valence-electron chi connectivity index (χ0n) is 14.6. The van der Waals surface area contributed by atoms with Crippen LogP contribution in [0.5, 0.6) is 0 Å². The van der Waals surface area contributed by atoms with Crippen LogP contribution in [0.4, 0.5) is 0 Å². The molecule has 132 valence electrons. The Morgan fingerprint density at radius 3 is 2.61 bits per heavy atom. The van der Waals surface area contributed by atoms with Crippen LogP contribution in [0.15, 0.2) is 22.5 Å². The summed E-state index contributed by atoms with van der Waals surface area (Å²) in [7, 11) is 0. The van der Waals surface area contributed by atoms with Gasteiger partial charge in [0.1, 0.15) is 0 Å². The van der Waals surface area contributed by atoms with Crippen molar-refractivity contribution < 1.29 is 0 Å². The second kappa shape index (κ2) is 10.5. The molecule has 1 aromatic heterocycles. The molecular formula is C17H31IN4S. The molecule has 0 saturated carbocycles. The number of nitrogens with one attached hydrogen (secondary N) is 2. The smallest absolute Gasteiger partial charge is 0.191 e. The van der Waals surface area contributed by atoms with Crippen molar-refractivity contribution in [2.75, 3.05) is 26.2 Å². The predicted octanol–water partition coefficient (Wildman–Crippen LogP) is 3.69. The first-order chi connectivity index (χ1) is 10.6. The van der Waals surface area contributed by atoms with Gasteiger partial charge < -0.3 is 10.6 Å². The minimum Gasteiger partial charge on any atom is -0.357 e. The van der Waals surface area contributed by atoms with E-state index in [9.17, 15) is 0 Å². The molecule has 6 heteroatoms. The Kier molecular flexibility index (Phi) is 9.46. The molecule has 4 nitrogen and oxygen atoms in total. The third-order valence-electron chi connectivity index (χ3n) is 4.22. The van der Waals surface area contributed by atoms with Crippen LogP contribution in [0.3, 0.4) is 0 Å². The van der Waals surface area contributed by atoms with E-state index >= 15 is 0 Å². The van der Waals surface area contributed by atoms with Crippen molar-refractivity contribution in [2.24, 2.45) is 4.99 Å². The highest BCUT2D eigenvalue weighted by atomic mass is 127. The maximum absolute atomic E-state index is 4.69. The summed E-state index contributed by atoms with van der Waals surface area (Å²) in [5.74, 6) is 0.918. The fourth-order valence-corrected chi connectivity index (χ4v) is 3.44. The Balaban J connectivity index is 0.00000264. The average Bonchev–Trinajstić information content (AvgIpc) is 3.04. The number of piperidine rings is 1. The molecule has 1 saturated heterocycles. The molecule has 0 unspecified atom stereocenters. The van der Waals surface area contributed by atoms with Crippen LogP contribution in [-0.4, -0.2) is 42.6 Å². The summed E-state index contributed by atoms with van der Waals surface area (Å²) in [6.45, 7) is 11.8. The van der Waals surface area contributed by atoms with Gasteiger partial charge in [0.25, 0.3) is 0 Å². The van der Waals surface area contributed by atoms with Crippen molar-refractivity contribution in [3.63, 3.8) is 0 Å². The van der Waals surface area contributed by atoms with E-state index in [1.165, 1.54) is 37.2 Å². The fourth-order valence-electron chi connectivity index (χ4n) is 2.81. The standard InChI is InChI=1S/C17H30N4S.HI/c1-4-18-16(19-13-15-9-8-12-22-15)20-14-17(2,3)21-10-6-5-7-11-21;/h8-9,12H,4-7,10-11,13-14H2,1-3H3,(H2,18,19,20);1H. The van der Waals surface area contributed by atoms with E-state index in [0.717, 1.165) is 25.6 Å². The molecule has 0 aromatic carbocycles. The van der Waals surface area contributed by atoms with Crippen molar-refractivity contribution in [1.29, 1.82) is 0 Å². The number of likely N-dealkylation sites (tertiary alicyclic amines) is 1. The van der Waals surface area contributed by atoms with E-state index in [1.807, 2.05) is 0 Å². The number of hydrogen-bond donors (Lipinski definition) is 2. The number of halogens is 1. The van der Waals surface area contributed by atoms with Crippen molar-refractivity contribution >= 4 is 41.3 Å². The Hall–Kier alpha value is -0.340. The van der Waals surface area contributed by atoms with Crippen LogP contribution >= 0.6 is 35.3 Å². The first-order valence-electron chi connectivity index (χ1n) is 8.41. The normalized spacial score (nSPS) is 16.7. The summed E-state index contributed by atoms with van der Waals surface area (Å²) in [6, 6.07) is 4.21. The molecule has 2 heterocycles. The van der Waals surface area contributed by atoms with Gasteiger partial charge in [0.15, 0.2) is 5.96 Å². The summed E-state index contributed by atoms with van der Waals surface area (Å²) < 4.78 is 0. The van der Waals surface area contributed by atoms with Crippen LogP contribution in [0.25, 0.3) is 0 Å². The molecule has 1 aromatic rings. The molecule has 0 atom stereocenters. The van der Waals surface area contributed by atoms with Gasteiger partial charge in [-0.05, 0) is 58.1 Å². The monoisotopic (exact) mass is 450 g/mol. The van der Waals surface area contributed by atoms with Crippen LogP contribution < -0.4 is 10.6 Å². The summed E-state index contributed by atoms with van der Waals surface area (Å²) in [5, 5.41) is 8.97. The molecule has 2 rings (SSSR count). The molecule has 1 aliphatic rings. The third kappa shape index (κ3) is 6.97. The van der Waals surface area contributed by atoms with E-state index in [2.05, 4.69) is 53.8 Å². The van der Waals surface area contributed by atoms with Gasteiger partial charge in [-0.25, -0.2) is 4.99 Å². The highest BCUT2D eigenvalue weighted by Gasteiger charge is 2.27. The van der Waals surface area contributed by atoms with E-state index in [4.69, 9.17) is 4.99 Å². The Labute approximate surface area is 162 Å². The van der Waals surface area contributed by atoms with Gasteiger partial charge in [-0.2, -0.15) is 0 Å². The summed E-state index contributed by atoms with van der Waals surface area (Å²) in [6.07, 6.45) is 4.04. The molecule has 0 bridgehead atoms. The van der Waals surface area contributed by atoms with E-state index in [-0.39, 0.29) is 29.5 Å². The van der Waals surface area contributed by atoms with Gasteiger partial charge in [-0.1, -0.05) is 12.5 Å². The predicted molar refractivity (Wildman–Crippen MR) is 112 cm³/mol. The number of hydrogen-bond acceptors (Lipinski definition) is 3. The van der Waals surface area contributed by atoms with Crippen molar-refractivity contribution in [3.8, 4) is 0 Å². The quantitative estimate of drug-likeness (QED) is 0.395. The third-order valence-corrected chi connectivity index (χ3v) is 5.08. The van der Waals surface area contributed by atoms with Crippen LogP contribution in [0.2, 0.25) is 0 Å². The molecule has 23 heavy (non-hydrogen) atoms. The SMILES string of the molecule is CCNC(=NCc1cccs1)NCC(C)(C)N1CCCCC1.I. The number of rotatable bonds is 6. The van der Waals surface area contributed by atoms with Gasteiger partial charge in [-0.3, -0.25) is 4.90 Å². The van der Waals surface area contributed by atoms with Gasteiger partial charge in [0, 0.05) is 23.5 Å². The highest BCUT2D eigenvalue weighted by Crippen LogP contribution is 2.19. The Morgan fingerprint density at radius 2 is 2.00 bits per heavy atom. The average molecular weight is 450 g/mol. The maximum atomic E-state index is 4.69. The molecule has 2 N–H and O–H groups in total. The topological polar surface area (TPSA) is 39.7 Å². The number of aliphatic imine (C=N–C) groups is 1. The highest BCUT2D eigenvalue weighted by molar-refractivity contribution is 14.0. The second-order valence-electron chi connectivity index (χ2n) is 6.49. The molecule has 1 aliphatic heterocycles. The number of thiophene rings is 1. The molecule has 0 amide bonds. The minimum absolute atomic E-state index is 0. The molecule has 0 spiro atoms. The van der Waals surface area contributed by atoms with Crippen molar-refractivity contribution in [1.82, 2.24) is 15.5 Å². The van der Waals surface area contributed by atoms with Crippen LogP contribution in [0.1, 0.15) is 44.9 Å². The first kappa shape index (κ1) is 20.7. The van der Waals surface area contributed by atoms with Gasteiger partial charge >= 0.3 is 0 Å². The summed E-state index contributed by atoms with van der Waals surface area (Å²) in [5.41, 5.74) is 0.166. The zero-order valence-corrected chi connectivity index (χ0v) is 17.7. The van der Waals surface area contributed by atoms with Crippen molar-refractivity contribution in [2.45, 2.75) is 52.1 Å². The Bertz CT molecular complexity index is 453. The lowest BCUT2D eigenvalue weighted by Gasteiger charge is -2.41. The second-order valence-corrected chi connectivity index (χ2v) is 7.52. The van der Waals surface area contributed by atoms with Crippen LogP contribution in [0, 0.1) is 0 Å². The number of nitrogens with zero attached hydrogens (tertiary/aromatic N) is 2. The Morgan fingerprint density at radius 1 is 1.26 bits per heavy atom. The van der Waals surface area contributed by atoms with Crippen LogP contribution in [-0.2, 0) is 6.54 Å². The molecular weight excluding hydrogens is 419 g/mol. The van der Waals surface area contributed by atoms with E-state index in [1.54, 1.807) is 11.3 Å².